The van der Waals surface area contributed by atoms with Crippen LogP contribution in [0.2, 0.25) is 0 Å². The van der Waals surface area contributed by atoms with Gasteiger partial charge in [0.1, 0.15) is 0 Å². The maximum Gasteiger partial charge on any atom is 0.315 e. The van der Waals surface area contributed by atoms with Crippen molar-refractivity contribution >= 4 is 6.01 Å². The highest BCUT2D eigenvalue weighted by molar-refractivity contribution is 5.19. The van der Waals surface area contributed by atoms with Crippen molar-refractivity contribution in [2.24, 2.45) is 0 Å². The second-order valence-corrected chi connectivity index (χ2v) is 4.66. The molecule has 20 heavy (non-hydrogen) atoms. The van der Waals surface area contributed by atoms with Crippen molar-refractivity contribution in [1.29, 1.82) is 0 Å². The van der Waals surface area contributed by atoms with Gasteiger partial charge in [0.25, 0.3) is 0 Å². The van der Waals surface area contributed by atoms with Gasteiger partial charge in [-0.15, -0.1) is 5.10 Å². The fraction of sp³-hybridized carbons (Fsp3) is 0.500. The molecule has 2 aromatic rings. The zero-order valence-corrected chi connectivity index (χ0v) is 12.0. The number of rotatable bonds is 8. The number of anilines is 1. The summed E-state index contributed by atoms with van der Waals surface area (Å²) < 4.78 is 5.57. The van der Waals surface area contributed by atoms with E-state index in [0.717, 1.165) is 25.9 Å². The molecule has 0 aliphatic heterocycles. The zero-order valence-electron chi connectivity index (χ0n) is 12.0. The van der Waals surface area contributed by atoms with Crippen LogP contribution in [0.15, 0.2) is 28.9 Å². The molecular weight excluding hydrogens is 254 g/mol. The van der Waals surface area contributed by atoms with Crippen LogP contribution in [0, 0.1) is 0 Å². The van der Waals surface area contributed by atoms with E-state index >= 15 is 0 Å². The van der Waals surface area contributed by atoms with E-state index in [1.54, 1.807) is 6.20 Å². The molecule has 0 fully saturated rings. The van der Waals surface area contributed by atoms with Gasteiger partial charge in [-0.25, -0.2) is 0 Å². The highest BCUT2D eigenvalue weighted by atomic mass is 16.4. The molecule has 0 bridgehead atoms. The molecule has 0 saturated carbocycles. The van der Waals surface area contributed by atoms with Crippen LogP contribution in [-0.4, -0.2) is 28.3 Å². The smallest absolute Gasteiger partial charge is 0.315 e. The predicted molar refractivity (Wildman–Crippen MR) is 77.4 cm³/mol. The molecule has 2 heterocycles. The van der Waals surface area contributed by atoms with Gasteiger partial charge in [0.15, 0.2) is 0 Å². The highest BCUT2D eigenvalue weighted by Crippen LogP contribution is 2.13. The van der Waals surface area contributed by atoms with Gasteiger partial charge in [-0.1, -0.05) is 18.1 Å². The van der Waals surface area contributed by atoms with Crippen LogP contribution in [0.25, 0.3) is 0 Å². The molecule has 0 spiro atoms. The Morgan fingerprint density at radius 3 is 2.95 bits per heavy atom. The molecule has 6 nitrogen and oxygen atoms in total. The molecular formula is C14H21N5O. The molecule has 0 amide bonds. The van der Waals surface area contributed by atoms with Gasteiger partial charge >= 0.3 is 6.01 Å². The molecule has 6 heteroatoms. The van der Waals surface area contributed by atoms with Crippen LogP contribution < -0.4 is 10.6 Å². The quantitative estimate of drug-likeness (QED) is 0.769. The lowest BCUT2D eigenvalue weighted by Crippen LogP contribution is -2.19. The van der Waals surface area contributed by atoms with Gasteiger partial charge in [0, 0.05) is 18.9 Å². The van der Waals surface area contributed by atoms with E-state index < -0.39 is 0 Å². The van der Waals surface area contributed by atoms with Crippen molar-refractivity contribution in [2.45, 2.75) is 32.7 Å². The number of hydrogen-bond acceptors (Lipinski definition) is 6. The summed E-state index contributed by atoms with van der Waals surface area (Å²) in [6.07, 6.45) is 5.58. The van der Waals surface area contributed by atoms with Crippen LogP contribution in [0.3, 0.4) is 0 Å². The third-order valence-electron chi connectivity index (χ3n) is 2.92. The van der Waals surface area contributed by atoms with Crippen LogP contribution in [-0.2, 0) is 6.42 Å². The molecule has 0 aliphatic rings. The van der Waals surface area contributed by atoms with Gasteiger partial charge in [-0.05, 0) is 37.9 Å². The summed E-state index contributed by atoms with van der Waals surface area (Å²) in [5.74, 6) is 0.613. The average Bonchev–Trinajstić information content (AvgIpc) is 2.95. The molecule has 2 N–H and O–H groups in total. The van der Waals surface area contributed by atoms with Crippen LogP contribution >= 0.6 is 0 Å². The first-order chi connectivity index (χ1) is 9.79. The van der Waals surface area contributed by atoms with Gasteiger partial charge in [0.05, 0.1) is 6.04 Å². The van der Waals surface area contributed by atoms with Crippen LogP contribution in [0.5, 0.6) is 0 Å². The van der Waals surface area contributed by atoms with E-state index in [4.69, 9.17) is 4.42 Å². The van der Waals surface area contributed by atoms with Crippen molar-refractivity contribution in [3.63, 3.8) is 0 Å². The number of nitrogens with zero attached hydrogens (tertiary/aromatic N) is 3. The molecule has 0 saturated heterocycles. The van der Waals surface area contributed by atoms with Crippen molar-refractivity contribution in [3.05, 3.63) is 36.0 Å². The monoisotopic (exact) mass is 275 g/mol. The van der Waals surface area contributed by atoms with Gasteiger partial charge in [-0.3, -0.25) is 4.98 Å². The van der Waals surface area contributed by atoms with Crippen LogP contribution in [0.4, 0.5) is 6.01 Å². The molecule has 1 unspecified atom stereocenters. The lowest BCUT2D eigenvalue weighted by Gasteiger charge is -2.07. The van der Waals surface area contributed by atoms with E-state index in [2.05, 4.69) is 32.7 Å². The van der Waals surface area contributed by atoms with E-state index in [9.17, 15) is 0 Å². The summed E-state index contributed by atoms with van der Waals surface area (Å²) in [5.41, 5.74) is 1.18. The number of pyridine rings is 1. The maximum absolute atomic E-state index is 5.57. The maximum atomic E-state index is 5.57. The van der Waals surface area contributed by atoms with E-state index in [1.807, 2.05) is 25.3 Å². The minimum Gasteiger partial charge on any atom is -0.406 e. The van der Waals surface area contributed by atoms with Crippen molar-refractivity contribution in [1.82, 2.24) is 20.5 Å². The molecule has 2 rings (SSSR count). The molecule has 0 aromatic carbocycles. The summed E-state index contributed by atoms with van der Waals surface area (Å²) in [7, 11) is 0. The van der Waals surface area contributed by atoms with E-state index in [1.165, 1.54) is 5.56 Å². The van der Waals surface area contributed by atoms with E-state index in [-0.39, 0.29) is 6.04 Å². The molecule has 0 aliphatic carbocycles. The minimum atomic E-state index is 0.0799. The molecule has 0 radical (unpaired) electrons. The summed E-state index contributed by atoms with van der Waals surface area (Å²) in [6.45, 7) is 5.82. The second kappa shape index (κ2) is 7.59. The Bertz CT molecular complexity index is 499. The summed E-state index contributed by atoms with van der Waals surface area (Å²) >= 11 is 0. The van der Waals surface area contributed by atoms with Crippen molar-refractivity contribution in [3.8, 4) is 0 Å². The average molecular weight is 275 g/mol. The summed E-state index contributed by atoms with van der Waals surface area (Å²) in [6, 6.07) is 4.52. The Kier molecular flexibility index (Phi) is 5.49. The zero-order chi connectivity index (χ0) is 14.2. The number of nitrogens with one attached hydrogen (secondary N) is 2. The molecule has 108 valence electrons. The summed E-state index contributed by atoms with van der Waals surface area (Å²) in [5, 5.41) is 14.5. The normalized spacial score (nSPS) is 12.3. The van der Waals surface area contributed by atoms with Crippen molar-refractivity contribution < 1.29 is 4.42 Å². The standard InChI is InChI=1S/C14H21N5O/c1-3-7-16-11(2)13-18-19-14(20-13)17-9-6-12-5-4-8-15-10-12/h4-5,8,10-11,16H,3,6-7,9H2,1-2H3,(H,17,19). The fourth-order valence-corrected chi connectivity index (χ4v) is 1.79. The van der Waals surface area contributed by atoms with Crippen molar-refractivity contribution in [2.75, 3.05) is 18.4 Å². The Balaban J connectivity index is 1.78. The predicted octanol–water partition coefficient (Wildman–Crippen LogP) is 2.18. The van der Waals surface area contributed by atoms with Gasteiger partial charge in [-0.2, -0.15) is 0 Å². The van der Waals surface area contributed by atoms with Gasteiger partial charge < -0.3 is 15.1 Å². The van der Waals surface area contributed by atoms with Crippen LogP contribution in [0.1, 0.15) is 37.8 Å². The Morgan fingerprint density at radius 2 is 2.20 bits per heavy atom. The largest absolute Gasteiger partial charge is 0.406 e. The lowest BCUT2D eigenvalue weighted by atomic mass is 10.2. The first kappa shape index (κ1) is 14.5. The Hall–Kier alpha value is -1.95. The van der Waals surface area contributed by atoms with E-state index in [0.29, 0.717) is 11.9 Å². The topological polar surface area (TPSA) is 75.9 Å². The number of aromatic nitrogens is 3. The highest BCUT2D eigenvalue weighted by Gasteiger charge is 2.12. The second-order valence-electron chi connectivity index (χ2n) is 4.66. The SMILES string of the molecule is CCCNC(C)c1nnc(NCCc2cccnc2)o1. The molecule has 1 atom stereocenters. The molecule has 2 aromatic heterocycles. The lowest BCUT2D eigenvalue weighted by molar-refractivity contribution is 0.423. The first-order valence-electron chi connectivity index (χ1n) is 6.99. The third kappa shape index (κ3) is 4.31. The summed E-state index contributed by atoms with van der Waals surface area (Å²) in [4.78, 5) is 4.08. The third-order valence-corrected chi connectivity index (χ3v) is 2.92. The minimum absolute atomic E-state index is 0.0799. The number of hydrogen-bond donors (Lipinski definition) is 2. The Labute approximate surface area is 119 Å². The Morgan fingerprint density at radius 1 is 1.30 bits per heavy atom. The van der Waals surface area contributed by atoms with Gasteiger partial charge in [0.2, 0.25) is 5.89 Å². The fourth-order valence-electron chi connectivity index (χ4n) is 1.79. The first-order valence-corrected chi connectivity index (χ1v) is 6.99.